The Bertz CT molecular complexity index is 1280. The minimum absolute atomic E-state index is 0.0389. The highest BCUT2D eigenvalue weighted by Gasteiger charge is 2.34. The molecule has 3 heterocycles. The van der Waals surface area contributed by atoms with Crippen LogP contribution in [0.4, 0.5) is 5.69 Å². The second-order valence-corrected chi connectivity index (χ2v) is 8.43. The minimum atomic E-state index is 0.0389. The normalized spacial score (nSPS) is 17.2. The summed E-state index contributed by atoms with van der Waals surface area (Å²) >= 11 is 0. The Morgan fingerprint density at radius 1 is 0.971 bits per heavy atom. The summed E-state index contributed by atoms with van der Waals surface area (Å²) in [6.45, 7) is 6.49. The number of nitrogens with zero attached hydrogens (tertiary/aromatic N) is 4. The van der Waals surface area contributed by atoms with E-state index in [0.29, 0.717) is 23.3 Å². The molecule has 1 aliphatic rings. The molecule has 0 saturated carbocycles. The van der Waals surface area contributed by atoms with E-state index >= 15 is 0 Å². The molecule has 2 unspecified atom stereocenters. The van der Waals surface area contributed by atoms with Crippen molar-refractivity contribution in [2.24, 2.45) is 11.7 Å². The Labute approximate surface area is 206 Å². The molecule has 2 aromatic heterocycles. The van der Waals surface area contributed by atoms with E-state index in [0.717, 1.165) is 53.5 Å². The van der Waals surface area contributed by atoms with Gasteiger partial charge in [0.1, 0.15) is 6.10 Å². The van der Waals surface area contributed by atoms with Crippen molar-refractivity contribution >= 4 is 27.5 Å². The number of benzene rings is 2. The van der Waals surface area contributed by atoms with E-state index in [1.165, 1.54) is 0 Å². The Kier molecular flexibility index (Phi) is 7.82. The fourth-order valence-corrected chi connectivity index (χ4v) is 4.46. The zero-order chi connectivity index (χ0) is 24.8. The first-order valence-electron chi connectivity index (χ1n) is 12.0. The average Bonchev–Trinajstić information content (AvgIpc) is 3.30. The SMILES string of the molecule is CCC1CN(c2cnnc3cc(OC)c(OC)cc23)CC1Oc1ccc2ccccc2n1.CCN. The van der Waals surface area contributed by atoms with Crippen LogP contribution in [-0.2, 0) is 0 Å². The van der Waals surface area contributed by atoms with E-state index in [2.05, 4.69) is 34.2 Å². The molecule has 0 bridgehead atoms. The number of hydrogen-bond acceptors (Lipinski definition) is 8. The minimum Gasteiger partial charge on any atom is -0.493 e. The van der Waals surface area contributed by atoms with Crippen LogP contribution in [0.5, 0.6) is 17.4 Å². The maximum Gasteiger partial charge on any atom is 0.214 e. The molecular weight excluding hydrogens is 442 g/mol. The molecule has 1 fully saturated rings. The van der Waals surface area contributed by atoms with Gasteiger partial charge < -0.3 is 24.8 Å². The number of fused-ring (bicyclic) bond motifs is 2. The number of methoxy groups -OCH3 is 2. The fraction of sp³-hybridized carbons (Fsp3) is 0.370. The lowest BCUT2D eigenvalue weighted by atomic mass is 10.0. The molecule has 0 aliphatic carbocycles. The van der Waals surface area contributed by atoms with Crippen LogP contribution in [0.2, 0.25) is 0 Å². The molecule has 8 heteroatoms. The Hall–Kier alpha value is -3.65. The number of para-hydroxylation sites is 1. The van der Waals surface area contributed by atoms with E-state index in [1.54, 1.807) is 14.2 Å². The van der Waals surface area contributed by atoms with Gasteiger partial charge in [0.2, 0.25) is 5.88 Å². The van der Waals surface area contributed by atoms with E-state index < -0.39 is 0 Å². The monoisotopic (exact) mass is 475 g/mol. The van der Waals surface area contributed by atoms with Crippen molar-refractivity contribution in [1.29, 1.82) is 0 Å². The molecule has 4 aromatic rings. The van der Waals surface area contributed by atoms with Crippen LogP contribution >= 0.6 is 0 Å². The van der Waals surface area contributed by atoms with E-state index in [4.69, 9.17) is 24.9 Å². The Morgan fingerprint density at radius 3 is 2.46 bits per heavy atom. The molecule has 2 atom stereocenters. The van der Waals surface area contributed by atoms with Crippen molar-refractivity contribution in [1.82, 2.24) is 15.2 Å². The molecule has 184 valence electrons. The third kappa shape index (κ3) is 5.22. The third-order valence-electron chi connectivity index (χ3n) is 6.21. The van der Waals surface area contributed by atoms with Gasteiger partial charge in [0.25, 0.3) is 0 Å². The van der Waals surface area contributed by atoms with Gasteiger partial charge in [0, 0.05) is 35.4 Å². The quantitative estimate of drug-likeness (QED) is 0.437. The Morgan fingerprint density at radius 2 is 1.71 bits per heavy atom. The number of nitrogens with two attached hydrogens (primary N) is 1. The van der Waals surface area contributed by atoms with Gasteiger partial charge in [-0.05, 0) is 31.2 Å². The van der Waals surface area contributed by atoms with Crippen molar-refractivity contribution in [3.63, 3.8) is 0 Å². The summed E-state index contributed by atoms with van der Waals surface area (Å²) in [5, 5.41) is 10.6. The number of hydrogen-bond donors (Lipinski definition) is 1. The predicted octanol–water partition coefficient (Wildman–Crippen LogP) is 4.45. The topological polar surface area (TPSA) is 95.6 Å². The average molecular weight is 476 g/mol. The molecule has 5 rings (SSSR count). The van der Waals surface area contributed by atoms with Gasteiger partial charge >= 0.3 is 0 Å². The third-order valence-corrected chi connectivity index (χ3v) is 6.21. The standard InChI is InChI=1S/C25H26N4O3.C2H7N/c1-4-16-14-29(15-24(16)32-25-10-9-17-7-5-6-8-19(17)27-25)21-13-26-28-20-12-23(31-3)22(30-2)11-18(20)21;1-2-3/h5-13,16,24H,4,14-15H2,1-3H3;2-3H2,1H3. The van der Waals surface area contributed by atoms with Crippen molar-refractivity contribution < 1.29 is 14.2 Å². The highest BCUT2D eigenvalue weighted by atomic mass is 16.5. The smallest absolute Gasteiger partial charge is 0.214 e. The number of pyridine rings is 1. The highest BCUT2D eigenvalue weighted by Crippen LogP contribution is 2.37. The van der Waals surface area contributed by atoms with Gasteiger partial charge in [0.05, 0.1) is 43.7 Å². The largest absolute Gasteiger partial charge is 0.493 e. The van der Waals surface area contributed by atoms with Crippen LogP contribution in [0.3, 0.4) is 0 Å². The summed E-state index contributed by atoms with van der Waals surface area (Å²) in [4.78, 5) is 7.03. The molecule has 0 spiro atoms. The van der Waals surface area contributed by atoms with Crippen LogP contribution in [0.25, 0.3) is 21.8 Å². The predicted molar refractivity (Wildman–Crippen MR) is 140 cm³/mol. The second-order valence-electron chi connectivity index (χ2n) is 8.43. The molecule has 8 nitrogen and oxygen atoms in total. The van der Waals surface area contributed by atoms with Crippen molar-refractivity contribution in [2.45, 2.75) is 26.4 Å². The number of ether oxygens (including phenoxy) is 3. The van der Waals surface area contributed by atoms with Crippen LogP contribution in [0.15, 0.2) is 54.7 Å². The van der Waals surface area contributed by atoms with E-state index in [9.17, 15) is 0 Å². The first-order chi connectivity index (χ1) is 17.1. The van der Waals surface area contributed by atoms with Crippen LogP contribution in [-0.4, -0.2) is 55.1 Å². The molecule has 0 radical (unpaired) electrons. The Balaban J connectivity index is 0.000000917. The molecule has 1 aliphatic heterocycles. The summed E-state index contributed by atoms with van der Waals surface area (Å²) in [5.74, 6) is 2.36. The summed E-state index contributed by atoms with van der Waals surface area (Å²) < 4.78 is 17.3. The van der Waals surface area contributed by atoms with Crippen LogP contribution in [0, 0.1) is 5.92 Å². The summed E-state index contributed by atoms with van der Waals surface area (Å²) in [6.07, 6.45) is 2.87. The molecule has 1 saturated heterocycles. The summed E-state index contributed by atoms with van der Waals surface area (Å²) in [5.41, 5.74) is 7.58. The van der Waals surface area contributed by atoms with Crippen molar-refractivity contribution in [2.75, 3.05) is 38.8 Å². The second kappa shape index (κ2) is 11.2. The first-order valence-corrected chi connectivity index (χ1v) is 12.0. The molecule has 0 amide bonds. The maximum absolute atomic E-state index is 6.40. The van der Waals surface area contributed by atoms with E-state index in [-0.39, 0.29) is 6.10 Å². The lowest BCUT2D eigenvalue weighted by molar-refractivity contribution is 0.165. The molecule has 2 aromatic carbocycles. The number of rotatable bonds is 6. The first kappa shape index (κ1) is 24.5. The molecule has 2 N–H and O–H groups in total. The van der Waals surface area contributed by atoms with Crippen LogP contribution in [0.1, 0.15) is 20.3 Å². The number of aromatic nitrogens is 3. The lowest BCUT2D eigenvalue weighted by Crippen LogP contribution is -2.27. The van der Waals surface area contributed by atoms with Gasteiger partial charge in [0.15, 0.2) is 11.5 Å². The summed E-state index contributed by atoms with van der Waals surface area (Å²) in [7, 11) is 3.26. The van der Waals surface area contributed by atoms with E-state index in [1.807, 2.05) is 49.5 Å². The van der Waals surface area contributed by atoms with Crippen LogP contribution < -0.4 is 24.8 Å². The van der Waals surface area contributed by atoms with Gasteiger partial charge in [-0.25, -0.2) is 4.98 Å². The zero-order valence-electron chi connectivity index (χ0n) is 20.8. The zero-order valence-corrected chi connectivity index (χ0v) is 20.8. The fourth-order valence-electron chi connectivity index (χ4n) is 4.46. The van der Waals surface area contributed by atoms with Gasteiger partial charge in [-0.15, -0.1) is 0 Å². The summed E-state index contributed by atoms with van der Waals surface area (Å²) in [6, 6.07) is 15.9. The van der Waals surface area contributed by atoms with Gasteiger partial charge in [-0.3, -0.25) is 0 Å². The van der Waals surface area contributed by atoms with Crippen molar-refractivity contribution in [3.8, 4) is 17.4 Å². The van der Waals surface area contributed by atoms with Gasteiger partial charge in [-0.1, -0.05) is 32.0 Å². The lowest BCUT2D eigenvalue weighted by Gasteiger charge is -2.20. The molecule has 35 heavy (non-hydrogen) atoms. The van der Waals surface area contributed by atoms with Gasteiger partial charge in [-0.2, -0.15) is 10.2 Å². The highest BCUT2D eigenvalue weighted by molar-refractivity contribution is 5.93. The number of anilines is 1. The maximum atomic E-state index is 6.40. The molecular formula is C27H33N5O3. The van der Waals surface area contributed by atoms with Crippen molar-refractivity contribution in [3.05, 3.63) is 54.7 Å².